The molecule has 2 aromatic rings. The summed E-state index contributed by atoms with van der Waals surface area (Å²) in [6.45, 7) is 0. The molecule has 0 aliphatic heterocycles. The van der Waals surface area contributed by atoms with Crippen LogP contribution < -0.4 is 0 Å². The molecule has 110 valence electrons. The van der Waals surface area contributed by atoms with Crippen LogP contribution in [0.1, 0.15) is 17.0 Å². The maximum atomic E-state index is 13.0. The van der Waals surface area contributed by atoms with Crippen molar-refractivity contribution < 1.29 is 13.9 Å². The number of ether oxygens (including phenoxy) is 1. The van der Waals surface area contributed by atoms with Crippen molar-refractivity contribution in [1.82, 2.24) is 0 Å². The highest BCUT2D eigenvalue weighted by Crippen LogP contribution is 2.31. The summed E-state index contributed by atoms with van der Waals surface area (Å²) >= 11 is 12.0. The Morgan fingerprint density at radius 1 is 1.19 bits per heavy atom. The van der Waals surface area contributed by atoms with Gasteiger partial charge in [-0.2, -0.15) is 0 Å². The summed E-state index contributed by atoms with van der Waals surface area (Å²) in [7, 11) is 1.32. The van der Waals surface area contributed by atoms with Gasteiger partial charge < -0.3 is 4.74 Å². The summed E-state index contributed by atoms with van der Waals surface area (Å²) in [4.78, 5) is 12.0. The van der Waals surface area contributed by atoms with E-state index in [2.05, 4.69) is 0 Å². The van der Waals surface area contributed by atoms with Crippen molar-refractivity contribution in [2.24, 2.45) is 0 Å². The molecule has 1 unspecified atom stereocenters. The minimum absolute atomic E-state index is 0.321. The van der Waals surface area contributed by atoms with Crippen LogP contribution in [0.4, 0.5) is 4.39 Å². The van der Waals surface area contributed by atoms with Crippen LogP contribution in [0.15, 0.2) is 42.5 Å². The molecule has 0 bridgehead atoms. The molecule has 0 heterocycles. The number of halogens is 3. The lowest BCUT2D eigenvalue weighted by Crippen LogP contribution is -2.17. The van der Waals surface area contributed by atoms with Crippen LogP contribution in [0.25, 0.3) is 0 Å². The fourth-order valence-electron chi connectivity index (χ4n) is 2.10. The van der Waals surface area contributed by atoms with Crippen LogP contribution >= 0.6 is 23.2 Å². The second-order valence-electron chi connectivity index (χ2n) is 4.57. The highest BCUT2D eigenvalue weighted by Gasteiger charge is 2.24. The van der Waals surface area contributed by atoms with Gasteiger partial charge in [0, 0.05) is 10.0 Å². The Bertz CT molecular complexity index is 641. The van der Waals surface area contributed by atoms with Gasteiger partial charge in [-0.05, 0) is 41.8 Å². The monoisotopic (exact) mass is 326 g/mol. The summed E-state index contributed by atoms with van der Waals surface area (Å²) in [5.41, 5.74) is 1.45. The quantitative estimate of drug-likeness (QED) is 0.765. The number of rotatable bonds is 4. The van der Waals surface area contributed by atoms with E-state index in [4.69, 9.17) is 27.9 Å². The van der Waals surface area contributed by atoms with Gasteiger partial charge in [-0.15, -0.1) is 0 Å². The number of hydrogen-bond donors (Lipinski definition) is 0. The summed E-state index contributed by atoms with van der Waals surface area (Å²) < 4.78 is 17.8. The summed E-state index contributed by atoms with van der Waals surface area (Å²) in [5.74, 6) is -1.29. The third kappa shape index (κ3) is 3.96. The zero-order valence-electron chi connectivity index (χ0n) is 11.3. The van der Waals surface area contributed by atoms with Gasteiger partial charge in [-0.3, -0.25) is 4.79 Å². The van der Waals surface area contributed by atoms with E-state index < -0.39 is 11.9 Å². The van der Waals surface area contributed by atoms with Crippen molar-refractivity contribution in [2.45, 2.75) is 12.3 Å². The number of carbonyl (C=O) groups is 1. The first-order valence-electron chi connectivity index (χ1n) is 6.28. The topological polar surface area (TPSA) is 26.3 Å². The number of carbonyl (C=O) groups excluding carboxylic acids is 1. The lowest BCUT2D eigenvalue weighted by atomic mass is 9.92. The third-order valence-electron chi connectivity index (χ3n) is 3.18. The smallest absolute Gasteiger partial charge is 0.313 e. The minimum Gasteiger partial charge on any atom is -0.469 e. The first kappa shape index (κ1) is 15.8. The molecule has 0 aliphatic carbocycles. The number of hydrogen-bond acceptors (Lipinski definition) is 2. The molecule has 0 aromatic heterocycles. The normalized spacial score (nSPS) is 12.0. The average molecular weight is 327 g/mol. The zero-order chi connectivity index (χ0) is 15.4. The Morgan fingerprint density at radius 3 is 2.43 bits per heavy atom. The Kier molecular flexibility index (Phi) is 5.21. The summed E-state index contributed by atoms with van der Waals surface area (Å²) in [6.07, 6.45) is 0.369. The molecule has 0 spiro atoms. The van der Waals surface area contributed by atoms with Gasteiger partial charge in [-0.1, -0.05) is 41.4 Å². The fourth-order valence-corrected chi connectivity index (χ4v) is 2.64. The van der Waals surface area contributed by atoms with Crippen molar-refractivity contribution in [3.63, 3.8) is 0 Å². The van der Waals surface area contributed by atoms with Crippen LogP contribution in [0, 0.1) is 5.82 Å². The Morgan fingerprint density at radius 2 is 1.86 bits per heavy atom. The van der Waals surface area contributed by atoms with Crippen molar-refractivity contribution >= 4 is 29.2 Å². The Balaban J connectivity index is 2.34. The molecule has 2 rings (SSSR count). The van der Waals surface area contributed by atoms with Crippen molar-refractivity contribution in [3.05, 3.63) is 69.5 Å². The first-order chi connectivity index (χ1) is 10.0. The molecule has 0 N–H and O–H groups in total. The predicted octanol–water partition coefficient (Wildman–Crippen LogP) is 4.63. The standard InChI is InChI=1S/C16H13Cl2FO2/c1-21-16(20)14(8-10-2-5-12(19)6-3-10)13-7-4-11(17)9-15(13)18/h2-7,9,14H,8H2,1H3. The summed E-state index contributed by atoms with van der Waals surface area (Å²) in [5, 5.41) is 0.897. The van der Waals surface area contributed by atoms with Crippen LogP contribution in [0.3, 0.4) is 0 Å². The lowest BCUT2D eigenvalue weighted by molar-refractivity contribution is -0.142. The molecule has 0 saturated heterocycles. The van der Waals surface area contributed by atoms with Crippen LogP contribution in [-0.4, -0.2) is 13.1 Å². The van der Waals surface area contributed by atoms with Gasteiger partial charge in [0.15, 0.2) is 0 Å². The Hall–Kier alpha value is -1.58. The van der Waals surface area contributed by atoms with E-state index in [1.807, 2.05) is 0 Å². The van der Waals surface area contributed by atoms with E-state index in [-0.39, 0.29) is 5.82 Å². The van der Waals surface area contributed by atoms with Gasteiger partial charge in [-0.25, -0.2) is 4.39 Å². The molecular weight excluding hydrogens is 314 g/mol. The predicted molar refractivity (Wildman–Crippen MR) is 81.3 cm³/mol. The van der Waals surface area contributed by atoms with Gasteiger partial charge in [0.2, 0.25) is 0 Å². The molecule has 2 nitrogen and oxygen atoms in total. The van der Waals surface area contributed by atoms with Crippen molar-refractivity contribution in [1.29, 1.82) is 0 Å². The number of benzene rings is 2. The molecule has 0 fully saturated rings. The van der Waals surface area contributed by atoms with E-state index in [9.17, 15) is 9.18 Å². The minimum atomic E-state index is -0.565. The van der Waals surface area contributed by atoms with E-state index in [0.717, 1.165) is 5.56 Å². The molecule has 1 atom stereocenters. The molecule has 0 aliphatic rings. The molecule has 0 amide bonds. The molecule has 21 heavy (non-hydrogen) atoms. The van der Waals surface area contributed by atoms with Gasteiger partial charge in [0.05, 0.1) is 13.0 Å². The van der Waals surface area contributed by atoms with Crippen molar-refractivity contribution in [3.8, 4) is 0 Å². The second kappa shape index (κ2) is 6.92. The maximum absolute atomic E-state index is 13.0. The van der Waals surface area contributed by atoms with Crippen LogP contribution in [0.2, 0.25) is 10.0 Å². The van der Waals surface area contributed by atoms with E-state index in [0.29, 0.717) is 22.0 Å². The zero-order valence-corrected chi connectivity index (χ0v) is 12.8. The summed E-state index contributed by atoms with van der Waals surface area (Å²) in [6, 6.07) is 10.9. The molecular formula is C16H13Cl2FO2. The third-order valence-corrected chi connectivity index (χ3v) is 3.74. The van der Waals surface area contributed by atoms with Crippen molar-refractivity contribution in [2.75, 3.05) is 7.11 Å². The largest absolute Gasteiger partial charge is 0.469 e. The van der Waals surface area contributed by atoms with Crippen LogP contribution in [-0.2, 0) is 16.0 Å². The van der Waals surface area contributed by atoms with Crippen LogP contribution in [0.5, 0.6) is 0 Å². The fraction of sp³-hybridized carbons (Fsp3) is 0.188. The van der Waals surface area contributed by atoms with Gasteiger partial charge in [0.25, 0.3) is 0 Å². The second-order valence-corrected chi connectivity index (χ2v) is 5.42. The van der Waals surface area contributed by atoms with Gasteiger partial charge >= 0.3 is 5.97 Å². The molecule has 0 radical (unpaired) electrons. The van der Waals surface area contributed by atoms with E-state index >= 15 is 0 Å². The molecule has 2 aromatic carbocycles. The van der Waals surface area contributed by atoms with E-state index in [1.165, 1.54) is 19.2 Å². The molecule has 5 heteroatoms. The van der Waals surface area contributed by atoms with E-state index in [1.54, 1.807) is 30.3 Å². The maximum Gasteiger partial charge on any atom is 0.313 e. The SMILES string of the molecule is COC(=O)C(Cc1ccc(F)cc1)c1ccc(Cl)cc1Cl. The molecule has 0 saturated carbocycles. The number of esters is 1. The first-order valence-corrected chi connectivity index (χ1v) is 7.04. The van der Waals surface area contributed by atoms with Gasteiger partial charge in [0.1, 0.15) is 5.82 Å². The highest BCUT2D eigenvalue weighted by atomic mass is 35.5. The Labute approximate surface area is 132 Å². The highest BCUT2D eigenvalue weighted by molar-refractivity contribution is 6.35. The lowest BCUT2D eigenvalue weighted by Gasteiger charge is -2.17. The number of methoxy groups -OCH3 is 1. The average Bonchev–Trinajstić information content (AvgIpc) is 2.47.